The molecule has 0 saturated heterocycles. The molecule has 1 amide bonds. The predicted molar refractivity (Wildman–Crippen MR) is 80.5 cm³/mol. The van der Waals surface area contributed by atoms with Crippen molar-refractivity contribution >= 4 is 12.0 Å². The Kier molecular flexibility index (Phi) is 7.14. The molecule has 4 heteroatoms. The fourth-order valence-electron chi connectivity index (χ4n) is 1.74. The van der Waals surface area contributed by atoms with Crippen molar-refractivity contribution in [3.63, 3.8) is 0 Å². The maximum Gasteiger partial charge on any atom is 0.246 e. The molecule has 0 aliphatic heterocycles. The van der Waals surface area contributed by atoms with Crippen LogP contribution in [-0.2, 0) is 4.79 Å². The molecule has 4 nitrogen and oxygen atoms in total. The van der Waals surface area contributed by atoms with E-state index in [0.29, 0.717) is 19.7 Å². The van der Waals surface area contributed by atoms with E-state index in [9.17, 15) is 4.79 Å². The first kappa shape index (κ1) is 16.0. The van der Waals surface area contributed by atoms with E-state index in [1.165, 1.54) is 11.0 Å². The number of benzene rings is 1. The quantitative estimate of drug-likeness (QED) is 0.584. The Bertz CT molecular complexity index is 469. The zero-order chi connectivity index (χ0) is 14.8. The van der Waals surface area contributed by atoms with Crippen molar-refractivity contribution in [1.29, 1.82) is 0 Å². The molecule has 0 bridgehead atoms. The first-order valence-electron chi connectivity index (χ1n) is 6.63. The minimum Gasteiger partial charge on any atom is -0.493 e. The van der Waals surface area contributed by atoms with Crippen molar-refractivity contribution in [3.05, 3.63) is 48.6 Å². The number of hydrogen-bond acceptors (Lipinski definition) is 3. The van der Waals surface area contributed by atoms with Crippen LogP contribution in [0.4, 0.5) is 0 Å². The molecule has 1 N–H and O–H groups in total. The van der Waals surface area contributed by atoms with Crippen LogP contribution in [-0.4, -0.2) is 42.2 Å². The van der Waals surface area contributed by atoms with Crippen molar-refractivity contribution in [2.24, 2.45) is 0 Å². The summed E-state index contributed by atoms with van der Waals surface area (Å²) in [5.41, 5.74) is 0.852. The summed E-state index contributed by atoms with van der Waals surface area (Å²) in [6, 6.07) is 7.53. The number of hydrogen-bond donors (Lipinski definition) is 1. The van der Waals surface area contributed by atoms with Crippen molar-refractivity contribution in [2.45, 2.75) is 6.92 Å². The van der Waals surface area contributed by atoms with Crippen LogP contribution in [0.1, 0.15) is 12.5 Å². The molecule has 0 atom stereocenters. The summed E-state index contributed by atoms with van der Waals surface area (Å²) in [5, 5.41) is 8.94. The van der Waals surface area contributed by atoms with Gasteiger partial charge in [0.15, 0.2) is 0 Å². The van der Waals surface area contributed by atoms with E-state index in [2.05, 4.69) is 6.58 Å². The second-order valence-corrected chi connectivity index (χ2v) is 4.10. The lowest BCUT2D eigenvalue weighted by atomic mass is 10.2. The molecular weight excluding hydrogens is 254 g/mol. The zero-order valence-electron chi connectivity index (χ0n) is 11.8. The smallest absolute Gasteiger partial charge is 0.246 e. The van der Waals surface area contributed by atoms with Crippen LogP contribution in [0.2, 0.25) is 0 Å². The minimum atomic E-state index is -0.162. The molecule has 0 aromatic heterocycles. The summed E-state index contributed by atoms with van der Waals surface area (Å²) in [6.45, 7) is 6.73. The van der Waals surface area contributed by atoms with Gasteiger partial charge in [-0.3, -0.25) is 4.79 Å². The highest BCUT2D eigenvalue weighted by Crippen LogP contribution is 2.19. The van der Waals surface area contributed by atoms with Gasteiger partial charge in [0.25, 0.3) is 0 Å². The van der Waals surface area contributed by atoms with E-state index >= 15 is 0 Å². The average Bonchev–Trinajstić information content (AvgIpc) is 2.46. The predicted octanol–water partition coefficient (Wildman–Crippen LogP) is 2.11. The number of amides is 1. The first-order valence-corrected chi connectivity index (χ1v) is 6.63. The highest BCUT2D eigenvalue weighted by Gasteiger charge is 2.08. The highest BCUT2D eigenvalue weighted by molar-refractivity contribution is 5.92. The normalized spacial score (nSPS) is 10.5. The van der Waals surface area contributed by atoms with Gasteiger partial charge < -0.3 is 14.7 Å². The summed E-state index contributed by atoms with van der Waals surface area (Å²) >= 11 is 0. The van der Waals surface area contributed by atoms with Gasteiger partial charge in [0.2, 0.25) is 5.91 Å². The molecule has 108 valence electrons. The fourth-order valence-corrected chi connectivity index (χ4v) is 1.74. The Morgan fingerprint density at radius 2 is 2.20 bits per heavy atom. The second kappa shape index (κ2) is 8.93. The van der Waals surface area contributed by atoms with Gasteiger partial charge >= 0.3 is 0 Å². The van der Waals surface area contributed by atoms with E-state index in [-0.39, 0.29) is 12.5 Å². The molecule has 0 spiro atoms. The zero-order valence-corrected chi connectivity index (χ0v) is 11.8. The number of ether oxygens (including phenoxy) is 1. The van der Waals surface area contributed by atoms with Gasteiger partial charge in [-0.2, -0.15) is 0 Å². The Labute approximate surface area is 120 Å². The van der Waals surface area contributed by atoms with Gasteiger partial charge in [0.1, 0.15) is 5.75 Å². The number of rotatable bonds is 8. The van der Waals surface area contributed by atoms with E-state index in [1.54, 1.807) is 12.2 Å². The fraction of sp³-hybridized carbons (Fsp3) is 0.312. The molecule has 0 fully saturated rings. The third-order valence-corrected chi connectivity index (χ3v) is 2.66. The average molecular weight is 275 g/mol. The molecule has 0 aliphatic carbocycles. The number of carbonyl (C=O) groups is 1. The van der Waals surface area contributed by atoms with E-state index in [0.717, 1.165) is 11.3 Å². The number of aliphatic hydroxyl groups excluding tert-OH is 1. The number of para-hydroxylation sites is 1. The monoisotopic (exact) mass is 275 g/mol. The number of carbonyl (C=O) groups excluding carboxylic acids is 1. The van der Waals surface area contributed by atoms with Crippen molar-refractivity contribution < 1.29 is 14.6 Å². The lowest BCUT2D eigenvalue weighted by molar-refractivity contribution is -0.125. The summed E-state index contributed by atoms with van der Waals surface area (Å²) in [6.07, 6.45) is 4.84. The Morgan fingerprint density at radius 1 is 1.45 bits per heavy atom. The molecule has 20 heavy (non-hydrogen) atoms. The molecule has 0 aliphatic rings. The van der Waals surface area contributed by atoms with Gasteiger partial charge in [-0.15, -0.1) is 6.58 Å². The van der Waals surface area contributed by atoms with Crippen LogP contribution in [0.5, 0.6) is 5.75 Å². The maximum atomic E-state index is 12.0. The lowest BCUT2D eigenvalue weighted by Gasteiger charge is -2.17. The highest BCUT2D eigenvalue weighted by atomic mass is 16.5. The van der Waals surface area contributed by atoms with E-state index < -0.39 is 0 Å². The number of aliphatic hydroxyl groups is 1. The number of nitrogens with zero attached hydrogens (tertiary/aromatic N) is 1. The molecule has 1 aromatic carbocycles. The first-order chi connectivity index (χ1) is 9.72. The summed E-state index contributed by atoms with van der Waals surface area (Å²) in [5.74, 6) is 0.585. The summed E-state index contributed by atoms with van der Waals surface area (Å²) in [4.78, 5) is 13.5. The van der Waals surface area contributed by atoms with Crippen LogP contribution in [0, 0.1) is 0 Å². The standard InChI is InChI=1S/C16H21NO3/c1-3-11-17(12-13-18)16(19)10-9-14-7-5-6-8-15(14)20-4-2/h3,5-10,18H,1,4,11-13H2,2H3/b10-9+. The Balaban J connectivity index is 2.80. The van der Waals surface area contributed by atoms with Crippen LogP contribution in [0.25, 0.3) is 6.08 Å². The van der Waals surface area contributed by atoms with Crippen molar-refractivity contribution in [3.8, 4) is 5.75 Å². The van der Waals surface area contributed by atoms with E-state index in [1.807, 2.05) is 31.2 Å². The Morgan fingerprint density at radius 3 is 2.85 bits per heavy atom. The summed E-state index contributed by atoms with van der Waals surface area (Å²) < 4.78 is 5.49. The van der Waals surface area contributed by atoms with E-state index in [4.69, 9.17) is 9.84 Å². The second-order valence-electron chi connectivity index (χ2n) is 4.10. The molecule has 1 aromatic rings. The van der Waals surface area contributed by atoms with Gasteiger partial charge in [-0.1, -0.05) is 24.3 Å². The largest absolute Gasteiger partial charge is 0.493 e. The molecule has 0 unspecified atom stereocenters. The van der Waals surface area contributed by atoms with Crippen molar-refractivity contribution in [1.82, 2.24) is 4.90 Å². The lowest BCUT2D eigenvalue weighted by Crippen LogP contribution is -2.32. The van der Waals surface area contributed by atoms with Crippen LogP contribution in [0.15, 0.2) is 43.0 Å². The molecule has 0 heterocycles. The third kappa shape index (κ3) is 4.90. The van der Waals surface area contributed by atoms with Crippen LogP contribution < -0.4 is 4.74 Å². The topological polar surface area (TPSA) is 49.8 Å². The SMILES string of the molecule is C=CCN(CCO)C(=O)/C=C/c1ccccc1OCC. The van der Waals surface area contributed by atoms with Gasteiger partial charge in [0, 0.05) is 24.7 Å². The maximum absolute atomic E-state index is 12.0. The Hall–Kier alpha value is -2.07. The van der Waals surface area contributed by atoms with Crippen LogP contribution in [0.3, 0.4) is 0 Å². The molecule has 0 radical (unpaired) electrons. The summed E-state index contributed by atoms with van der Waals surface area (Å²) in [7, 11) is 0. The van der Waals surface area contributed by atoms with Crippen molar-refractivity contribution in [2.75, 3.05) is 26.3 Å². The van der Waals surface area contributed by atoms with Crippen LogP contribution >= 0.6 is 0 Å². The molecule has 1 rings (SSSR count). The van der Waals surface area contributed by atoms with Gasteiger partial charge in [-0.05, 0) is 19.1 Å². The minimum absolute atomic E-state index is 0.0665. The molecule has 0 saturated carbocycles. The van der Waals surface area contributed by atoms with Gasteiger partial charge in [0.05, 0.1) is 13.2 Å². The molecular formula is C16H21NO3. The third-order valence-electron chi connectivity index (χ3n) is 2.66. The van der Waals surface area contributed by atoms with Gasteiger partial charge in [-0.25, -0.2) is 0 Å².